The lowest BCUT2D eigenvalue weighted by molar-refractivity contribution is -0.172. The van der Waals surface area contributed by atoms with Gasteiger partial charge in [0.25, 0.3) is 0 Å². The first-order valence-electron chi connectivity index (χ1n) is 8.05. The second-order valence-corrected chi connectivity index (χ2v) is 5.31. The first-order chi connectivity index (χ1) is 11.5. The SMILES string of the molecule is C=CCC(CCC(=O)c1ccccc1)(C(=O)OCC)C(=O)OCC. The summed E-state index contributed by atoms with van der Waals surface area (Å²) in [5.41, 5.74) is -0.990. The molecule has 0 amide bonds. The van der Waals surface area contributed by atoms with Crippen LogP contribution in [0.1, 0.15) is 43.5 Å². The Morgan fingerprint density at radius 2 is 1.58 bits per heavy atom. The fourth-order valence-electron chi connectivity index (χ4n) is 2.44. The maximum absolute atomic E-state index is 12.4. The van der Waals surface area contributed by atoms with Gasteiger partial charge in [-0.15, -0.1) is 6.58 Å². The van der Waals surface area contributed by atoms with E-state index < -0.39 is 17.4 Å². The molecule has 0 radical (unpaired) electrons. The Kier molecular flexibility index (Phi) is 7.89. The zero-order valence-electron chi connectivity index (χ0n) is 14.2. The van der Waals surface area contributed by atoms with Gasteiger partial charge in [0, 0.05) is 12.0 Å². The predicted molar refractivity (Wildman–Crippen MR) is 90.5 cm³/mol. The third kappa shape index (κ3) is 4.78. The zero-order valence-corrected chi connectivity index (χ0v) is 14.2. The molecule has 0 unspecified atom stereocenters. The molecule has 0 atom stereocenters. The van der Waals surface area contributed by atoms with Crippen LogP contribution in [0.15, 0.2) is 43.0 Å². The number of esters is 2. The van der Waals surface area contributed by atoms with Gasteiger partial charge in [-0.1, -0.05) is 36.4 Å². The van der Waals surface area contributed by atoms with Crippen molar-refractivity contribution < 1.29 is 23.9 Å². The Morgan fingerprint density at radius 1 is 1.04 bits per heavy atom. The Balaban J connectivity index is 3.02. The lowest BCUT2D eigenvalue weighted by atomic mass is 9.79. The van der Waals surface area contributed by atoms with Crippen molar-refractivity contribution in [2.75, 3.05) is 13.2 Å². The van der Waals surface area contributed by atoms with Crippen molar-refractivity contribution in [3.8, 4) is 0 Å². The third-order valence-electron chi connectivity index (χ3n) is 3.70. The van der Waals surface area contributed by atoms with E-state index in [9.17, 15) is 14.4 Å². The number of ether oxygens (including phenoxy) is 2. The largest absolute Gasteiger partial charge is 0.465 e. The van der Waals surface area contributed by atoms with Crippen molar-refractivity contribution >= 4 is 17.7 Å². The summed E-state index contributed by atoms with van der Waals surface area (Å²) in [6.45, 7) is 7.23. The van der Waals surface area contributed by atoms with E-state index in [0.717, 1.165) is 0 Å². The van der Waals surface area contributed by atoms with E-state index in [1.807, 2.05) is 6.07 Å². The first kappa shape index (κ1) is 19.6. The van der Waals surface area contributed by atoms with Crippen LogP contribution in [0.4, 0.5) is 0 Å². The zero-order chi connectivity index (χ0) is 18.0. The summed E-state index contributed by atoms with van der Waals surface area (Å²) in [5.74, 6) is -1.49. The monoisotopic (exact) mass is 332 g/mol. The number of benzene rings is 1. The topological polar surface area (TPSA) is 69.7 Å². The van der Waals surface area contributed by atoms with Crippen molar-refractivity contribution in [3.05, 3.63) is 48.6 Å². The van der Waals surface area contributed by atoms with Crippen LogP contribution < -0.4 is 0 Å². The van der Waals surface area contributed by atoms with E-state index in [2.05, 4.69) is 6.58 Å². The molecule has 0 fully saturated rings. The molecule has 0 saturated heterocycles. The minimum absolute atomic E-state index is 0.0183. The normalized spacial score (nSPS) is 10.8. The smallest absolute Gasteiger partial charge is 0.323 e. The molecule has 5 nitrogen and oxygen atoms in total. The van der Waals surface area contributed by atoms with Crippen molar-refractivity contribution in [2.45, 2.75) is 33.1 Å². The number of Topliss-reactive ketones (excluding diaryl/α,β-unsaturated/α-hetero) is 1. The second-order valence-electron chi connectivity index (χ2n) is 5.31. The average Bonchev–Trinajstić information content (AvgIpc) is 2.59. The summed E-state index contributed by atoms with van der Waals surface area (Å²) in [6.07, 6.45) is 1.59. The van der Waals surface area contributed by atoms with Crippen LogP contribution in [0.3, 0.4) is 0 Å². The van der Waals surface area contributed by atoms with Crippen LogP contribution in [0, 0.1) is 5.41 Å². The molecule has 1 aromatic rings. The van der Waals surface area contributed by atoms with Gasteiger partial charge in [0.1, 0.15) is 0 Å². The van der Waals surface area contributed by atoms with Crippen LogP contribution in [-0.4, -0.2) is 30.9 Å². The molecule has 5 heteroatoms. The molecule has 0 heterocycles. The Bertz CT molecular complexity index is 559. The lowest BCUT2D eigenvalue weighted by Crippen LogP contribution is -2.42. The highest BCUT2D eigenvalue weighted by Gasteiger charge is 2.47. The number of hydrogen-bond donors (Lipinski definition) is 0. The minimum Gasteiger partial charge on any atom is -0.465 e. The van der Waals surface area contributed by atoms with Crippen molar-refractivity contribution in [1.29, 1.82) is 0 Å². The van der Waals surface area contributed by atoms with Crippen LogP contribution in [-0.2, 0) is 19.1 Å². The molecular weight excluding hydrogens is 308 g/mol. The summed E-state index contributed by atoms with van der Waals surface area (Å²) < 4.78 is 10.1. The van der Waals surface area contributed by atoms with Gasteiger partial charge >= 0.3 is 11.9 Å². The molecule has 0 aromatic heterocycles. The van der Waals surface area contributed by atoms with Gasteiger partial charge < -0.3 is 9.47 Å². The van der Waals surface area contributed by atoms with E-state index in [1.54, 1.807) is 38.1 Å². The molecule has 0 saturated carbocycles. The summed E-state index contributed by atoms with van der Waals surface area (Å²) in [4.78, 5) is 37.2. The van der Waals surface area contributed by atoms with Crippen LogP contribution in [0.5, 0.6) is 0 Å². The molecule has 130 valence electrons. The molecule has 1 rings (SSSR count). The summed E-state index contributed by atoms with van der Waals surface area (Å²) in [6, 6.07) is 8.75. The minimum atomic E-state index is -1.53. The number of allylic oxidation sites excluding steroid dienone is 1. The molecule has 0 N–H and O–H groups in total. The molecule has 0 bridgehead atoms. The number of ketones is 1. The van der Waals surface area contributed by atoms with Gasteiger partial charge in [-0.3, -0.25) is 14.4 Å². The summed E-state index contributed by atoms with van der Waals surface area (Å²) in [7, 11) is 0. The Morgan fingerprint density at radius 3 is 2.04 bits per heavy atom. The molecule has 0 aliphatic carbocycles. The molecular formula is C19H24O5. The highest BCUT2D eigenvalue weighted by Crippen LogP contribution is 2.33. The highest BCUT2D eigenvalue weighted by atomic mass is 16.6. The number of carbonyl (C=O) groups is 3. The van der Waals surface area contributed by atoms with Gasteiger partial charge in [0.15, 0.2) is 11.2 Å². The lowest BCUT2D eigenvalue weighted by Gasteiger charge is -2.27. The van der Waals surface area contributed by atoms with Gasteiger partial charge in [0.05, 0.1) is 13.2 Å². The quantitative estimate of drug-likeness (QED) is 0.284. The van der Waals surface area contributed by atoms with Crippen molar-refractivity contribution in [3.63, 3.8) is 0 Å². The number of rotatable bonds is 10. The maximum Gasteiger partial charge on any atom is 0.323 e. The average molecular weight is 332 g/mol. The number of carbonyl (C=O) groups excluding carboxylic acids is 3. The molecule has 0 spiro atoms. The van der Waals surface area contributed by atoms with E-state index in [0.29, 0.717) is 5.56 Å². The first-order valence-corrected chi connectivity index (χ1v) is 8.05. The predicted octanol–water partition coefficient (Wildman–Crippen LogP) is 3.34. The van der Waals surface area contributed by atoms with Crippen molar-refractivity contribution in [1.82, 2.24) is 0 Å². The van der Waals surface area contributed by atoms with E-state index in [-0.39, 0.29) is 38.3 Å². The maximum atomic E-state index is 12.4. The van der Waals surface area contributed by atoms with E-state index >= 15 is 0 Å². The van der Waals surface area contributed by atoms with Crippen LogP contribution in [0.25, 0.3) is 0 Å². The van der Waals surface area contributed by atoms with E-state index in [1.165, 1.54) is 6.08 Å². The highest BCUT2D eigenvalue weighted by molar-refractivity contribution is 6.02. The molecule has 0 aliphatic heterocycles. The molecule has 24 heavy (non-hydrogen) atoms. The number of hydrogen-bond acceptors (Lipinski definition) is 5. The van der Waals surface area contributed by atoms with Gasteiger partial charge in [-0.05, 0) is 26.7 Å². The fourth-order valence-corrected chi connectivity index (χ4v) is 2.44. The standard InChI is InChI=1S/C19H24O5/c1-4-13-19(17(21)23-5-2,18(22)24-6-3)14-12-16(20)15-10-8-7-9-11-15/h4,7-11H,1,5-6,12-14H2,2-3H3. The second kappa shape index (κ2) is 9.65. The van der Waals surface area contributed by atoms with Gasteiger partial charge in [-0.2, -0.15) is 0 Å². The van der Waals surface area contributed by atoms with Gasteiger partial charge in [0.2, 0.25) is 0 Å². The third-order valence-corrected chi connectivity index (χ3v) is 3.70. The summed E-state index contributed by atoms with van der Waals surface area (Å²) in [5, 5.41) is 0. The Hall–Kier alpha value is -2.43. The van der Waals surface area contributed by atoms with Gasteiger partial charge in [-0.25, -0.2) is 0 Å². The van der Waals surface area contributed by atoms with Crippen molar-refractivity contribution in [2.24, 2.45) is 5.41 Å². The van der Waals surface area contributed by atoms with Crippen LogP contribution in [0.2, 0.25) is 0 Å². The molecule has 1 aromatic carbocycles. The van der Waals surface area contributed by atoms with Crippen LogP contribution >= 0.6 is 0 Å². The molecule has 0 aliphatic rings. The summed E-state index contributed by atoms with van der Waals surface area (Å²) >= 11 is 0. The Labute approximate surface area is 142 Å². The van der Waals surface area contributed by atoms with E-state index in [4.69, 9.17) is 9.47 Å². The fraction of sp³-hybridized carbons (Fsp3) is 0.421.